The average Bonchev–Trinajstić information content (AvgIpc) is 3.26. The number of benzene rings is 2. The molecular weight excluding hydrogens is 414 g/mol. The van der Waals surface area contributed by atoms with Gasteiger partial charge in [-0.15, -0.1) is 5.92 Å². The third-order valence-electron chi connectivity index (χ3n) is 5.16. The number of pyridine rings is 1. The third kappa shape index (κ3) is 5.08. The molecule has 1 aromatic heterocycles. The first-order valence-electron chi connectivity index (χ1n) is 10.5. The molecule has 164 valence electrons. The van der Waals surface area contributed by atoms with Crippen LogP contribution in [0.2, 0.25) is 0 Å². The van der Waals surface area contributed by atoms with Crippen molar-refractivity contribution in [3.05, 3.63) is 89.1 Å². The van der Waals surface area contributed by atoms with Gasteiger partial charge in [0.2, 0.25) is 0 Å². The molecule has 0 fully saturated rings. The number of carbonyl (C=O) groups excluding carboxylic acids is 2. The number of amidine groups is 1. The molecule has 2 N–H and O–H groups in total. The van der Waals surface area contributed by atoms with E-state index in [9.17, 15) is 9.59 Å². The first-order chi connectivity index (χ1) is 16.0. The molecule has 0 unspecified atom stereocenters. The summed E-state index contributed by atoms with van der Waals surface area (Å²) in [4.78, 5) is 36.5. The monoisotopic (exact) mass is 437 g/mol. The summed E-state index contributed by atoms with van der Waals surface area (Å²) in [5.41, 5.74) is 2.97. The first-order valence-corrected chi connectivity index (χ1v) is 10.5. The van der Waals surface area contributed by atoms with E-state index < -0.39 is 0 Å². The van der Waals surface area contributed by atoms with Crippen LogP contribution in [-0.4, -0.2) is 47.7 Å². The number of nitrogens with zero attached hydrogens (tertiary/aromatic N) is 3. The van der Waals surface area contributed by atoms with Crippen molar-refractivity contribution in [3.8, 4) is 11.8 Å². The van der Waals surface area contributed by atoms with Gasteiger partial charge in [-0.1, -0.05) is 30.2 Å². The van der Waals surface area contributed by atoms with Gasteiger partial charge in [0, 0.05) is 36.5 Å². The summed E-state index contributed by atoms with van der Waals surface area (Å²) in [6.45, 7) is 3.42. The van der Waals surface area contributed by atoms with Gasteiger partial charge in [0.05, 0.1) is 17.8 Å². The molecule has 0 bridgehead atoms. The summed E-state index contributed by atoms with van der Waals surface area (Å²) < 4.78 is 0. The normalized spacial score (nSPS) is 12.4. The number of likely N-dealkylation sites (N-methyl/N-ethyl adjacent to an activating group) is 1. The lowest BCUT2D eigenvalue weighted by Crippen LogP contribution is -2.23. The van der Waals surface area contributed by atoms with E-state index >= 15 is 0 Å². The summed E-state index contributed by atoms with van der Waals surface area (Å²) in [5, 5.41) is 5.59. The van der Waals surface area contributed by atoms with Crippen molar-refractivity contribution >= 4 is 29.2 Å². The number of aliphatic imine (C=N–C) groups is 1. The molecule has 4 rings (SSSR count). The summed E-state index contributed by atoms with van der Waals surface area (Å²) in [6.07, 6.45) is 1.60. The summed E-state index contributed by atoms with van der Waals surface area (Å²) in [5.74, 6) is 6.36. The number of carbonyl (C=O) groups is 2. The Balaban J connectivity index is 1.47. The van der Waals surface area contributed by atoms with Crippen molar-refractivity contribution in [3.63, 3.8) is 0 Å². The maximum Gasteiger partial charge on any atom is 0.258 e. The fourth-order valence-corrected chi connectivity index (χ4v) is 3.47. The van der Waals surface area contributed by atoms with Crippen molar-refractivity contribution in [1.82, 2.24) is 9.88 Å². The van der Waals surface area contributed by atoms with Crippen molar-refractivity contribution in [2.75, 3.05) is 30.8 Å². The van der Waals surface area contributed by atoms with E-state index in [1.807, 2.05) is 19.2 Å². The van der Waals surface area contributed by atoms with Crippen LogP contribution in [0, 0.1) is 11.8 Å². The minimum absolute atomic E-state index is 0.302. The minimum atomic E-state index is -0.370. The first kappa shape index (κ1) is 21.8. The highest BCUT2D eigenvalue weighted by atomic mass is 16.2. The molecule has 7 nitrogen and oxygen atoms in total. The Morgan fingerprint density at radius 3 is 2.42 bits per heavy atom. The van der Waals surface area contributed by atoms with Crippen LogP contribution in [0.5, 0.6) is 0 Å². The molecule has 0 saturated carbocycles. The van der Waals surface area contributed by atoms with Gasteiger partial charge in [-0.25, -0.2) is 4.98 Å². The Morgan fingerprint density at radius 2 is 1.76 bits per heavy atom. The lowest BCUT2D eigenvalue weighted by Gasteiger charge is -2.14. The van der Waals surface area contributed by atoms with E-state index in [4.69, 9.17) is 0 Å². The van der Waals surface area contributed by atoms with E-state index in [1.54, 1.807) is 61.7 Å². The predicted octanol–water partition coefficient (Wildman–Crippen LogP) is 3.65. The van der Waals surface area contributed by atoms with E-state index in [0.717, 1.165) is 30.1 Å². The maximum atomic E-state index is 12.8. The van der Waals surface area contributed by atoms with Crippen LogP contribution in [0.1, 0.15) is 38.8 Å². The molecule has 2 heterocycles. The van der Waals surface area contributed by atoms with Gasteiger partial charge < -0.3 is 15.5 Å². The van der Waals surface area contributed by atoms with Crippen molar-refractivity contribution in [2.24, 2.45) is 4.99 Å². The molecule has 1 aliphatic rings. The van der Waals surface area contributed by atoms with Gasteiger partial charge in [0.15, 0.2) is 0 Å². The molecular formula is C26H23N5O2. The lowest BCUT2D eigenvalue weighted by molar-refractivity contribution is 0.102. The van der Waals surface area contributed by atoms with Gasteiger partial charge >= 0.3 is 0 Å². The van der Waals surface area contributed by atoms with Crippen LogP contribution in [-0.2, 0) is 0 Å². The SMILES string of the molecule is CC#Cc1ccc(NC(=O)c2ccccc2NC(=O)c2ccc(C3=NCCN3C)cc2)nc1. The van der Waals surface area contributed by atoms with Gasteiger partial charge in [-0.3, -0.25) is 14.6 Å². The zero-order valence-electron chi connectivity index (χ0n) is 18.4. The molecule has 2 amide bonds. The van der Waals surface area contributed by atoms with Gasteiger partial charge in [0.1, 0.15) is 11.7 Å². The summed E-state index contributed by atoms with van der Waals surface area (Å²) >= 11 is 0. The number of aromatic nitrogens is 1. The highest BCUT2D eigenvalue weighted by Crippen LogP contribution is 2.19. The fourth-order valence-electron chi connectivity index (χ4n) is 3.47. The van der Waals surface area contributed by atoms with E-state index in [2.05, 4.69) is 37.4 Å². The molecule has 7 heteroatoms. The Bertz CT molecular complexity index is 1270. The van der Waals surface area contributed by atoms with E-state index in [0.29, 0.717) is 22.6 Å². The lowest BCUT2D eigenvalue weighted by atomic mass is 10.1. The van der Waals surface area contributed by atoms with Crippen molar-refractivity contribution in [1.29, 1.82) is 0 Å². The van der Waals surface area contributed by atoms with Crippen LogP contribution in [0.25, 0.3) is 0 Å². The fraction of sp³-hybridized carbons (Fsp3) is 0.154. The van der Waals surface area contributed by atoms with Crippen LogP contribution in [0.15, 0.2) is 71.9 Å². The van der Waals surface area contributed by atoms with Gasteiger partial charge in [-0.05, 0) is 43.3 Å². The van der Waals surface area contributed by atoms with Crippen molar-refractivity contribution in [2.45, 2.75) is 6.92 Å². The average molecular weight is 438 g/mol. The van der Waals surface area contributed by atoms with Crippen LogP contribution in [0.4, 0.5) is 11.5 Å². The molecule has 0 saturated heterocycles. The highest BCUT2D eigenvalue weighted by Gasteiger charge is 2.17. The smallest absolute Gasteiger partial charge is 0.258 e. The Labute approximate surface area is 192 Å². The quantitative estimate of drug-likeness (QED) is 0.597. The number of hydrogen-bond acceptors (Lipinski definition) is 5. The van der Waals surface area contributed by atoms with Gasteiger partial charge in [0.25, 0.3) is 11.8 Å². The second-order valence-electron chi connectivity index (χ2n) is 7.47. The zero-order chi connectivity index (χ0) is 23.2. The number of para-hydroxylation sites is 1. The zero-order valence-corrected chi connectivity index (χ0v) is 18.4. The molecule has 3 aromatic rings. The molecule has 0 spiro atoms. The standard InChI is InChI=1S/C26H23N5O2/c1-3-6-18-9-14-23(28-17-18)30-26(33)21-7-4-5-8-22(21)29-25(32)20-12-10-19(11-13-20)24-27-15-16-31(24)2/h4-5,7-14,17H,15-16H2,1-2H3,(H,29,32)(H,28,30,33). The molecule has 0 radical (unpaired) electrons. The Morgan fingerprint density at radius 1 is 0.970 bits per heavy atom. The Hall–Kier alpha value is -4.44. The second kappa shape index (κ2) is 9.79. The molecule has 33 heavy (non-hydrogen) atoms. The Kier molecular flexibility index (Phi) is 6.46. The van der Waals surface area contributed by atoms with Crippen molar-refractivity contribution < 1.29 is 9.59 Å². The predicted molar refractivity (Wildman–Crippen MR) is 130 cm³/mol. The topological polar surface area (TPSA) is 86.7 Å². The third-order valence-corrected chi connectivity index (χ3v) is 5.16. The number of hydrogen-bond donors (Lipinski definition) is 2. The minimum Gasteiger partial charge on any atom is -0.358 e. The molecule has 0 atom stereocenters. The largest absolute Gasteiger partial charge is 0.358 e. The molecule has 2 aromatic carbocycles. The number of rotatable bonds is 5. The maximum absolute atomic E-state index is 12.8. The van der Waals surface area contributed by atoms with Crippen LogP contribution >= 0.6 is 0 Å². The summed E-state index contributed by atoms with van der Waals surface area (Å²) in [6, 6.07) is 17.6. The molecule has 1 aliphatic heterocycles. The van der Waals surface area contributed by atoms with E-state index in [1.165, 1.54) is 0 Å². The van der Waals surface area contributed by atoms with Gasteiger partial charge in [-0.2, -0.15) is 0 Å². The van der Waals surface area contributed by atoms with Crippen LogP contribution < -0.4 is 10.6 Å². The molecule has 0 aliphatic carbocycles. The number of anilines is 2. The number of nitrogens with one attached hydrogen (secondary N) is 2. The van der Waals surface area contributed by atoms with E-state index in [-0.39, 0.29) is 11.8 Å². The highest BCUT2D eigenvalue weighted by molar-refractivity contribution is 6.12. The summed E-state index contributed by atoms with van der Waals surface area (Å²) in [7, 11) is 2.00. The second-order valence-corrected chi connectivity index (χ2v) is 7.47. The number of amides is 2. The van der Waals surface area contributed by atoms with Crippen LogP contribution in [0.3, 0.4) is 0 Å².